The van der Waals surface area contributed by atoms with E-state index in [9.17, 15) is 9.59 Å². The molecule has 3 aromatic heterocycles. The summed E-state index contributed by atoms with van der Waals surface area (Å²) in [4.78, 5) is 41.1. The van der Waals surface area contributed by atoms with Crippen LogP contribution in [0.3, 0.4) is 0 Å². The van der Waals surface area contributed by atoms with E-state index in [0.717, 1.165) is 91.7 Å². The maximum Gasteiger partial charge on any atom is 0.224 e. The van der Waals surface area contributed by atoms with Crippen molar-refractivity contribution in [3.8, 4) is 17.0 Å². The van der Waals surface area contributed by atoms with Gasteiger partial charge in [0.15, 0.2) is 5.78 Å². The molecule has 1 saturated heterocycles. The highest BCUT2D eigenvalue weighted by Gasteiger charge is 2.58. The lowest BCUT2D eigenvalue weighted by atomic mass is 9.91. The van der Waals surface area contributed by atoms with Crippen molar-refractivity contribution in [1.82, 2.24) is 30.3 Å². The fraction of sp³-hybridized carbons (Fsp3) is 0.485. The molecule has 1 saturated carbocycles. The van der Waals surface area contributed by atoms with Crippen LogP contribution in [0.15, 0.2) is 47.3 Å². The quantitative estimate of drug-likeness (QED) is 0.162. The van der Waals surface area contributed by atoms with Gasteiger partial charge < -0.3 is 24.5 Å². The summed E-state index contributed by atoms with van der Waals surface area (Å²) in [5.41, 5.74) is 4.07. The van der Waals surface area contributed by atoms with E-state index in [1.807, 2.05) is 25.3 Å². The highest BCUT2D eigenvalue weighted by molar-refractivity contribution is 5.93. The van der Waals surface area contributed by atoms with Crippen LogP contribution in [0.2, 0.25) is 0 Å². The second-order valence-electron chi connectivity index (χ2n) is 12.3. The summed E-state index contributed by atoms with van der Waals surface area (Å²) >= 11 is 0. The average Bonchev–Trinajstić information content (AvgIpc) is 3.36. The molecule has 4 aromatic rings. The molecule has 4 heterocycles. The number of unbranched alkanes of at least 4 members (excludes halogenated alkanes) is 2. The summed E-state index contributed by atoms with van der Waals surface area (Å²) < 4.78 is 10.5. The number of pyridine rings is 1. The smallest absolute Gasteiger partial charge is 0.224 e. The van der Waals surface area contributed by atoms with Gasteiger partial charge in [0.2, 0.25) is 5.91 Å². The van der Waals surface area contributed by atoms with E-state index in [-0.39, 0.29) is 29.1 Å². The molecule has 43 heavy (non-hydrogen) atoms. The number of methoxy groups -OCH3 is 1. The topological polar surface area (TPSA) is 126 Å². The number of piperidine rings is 1. The molecule has 1 aliphatic heterocycles. The molecule has 1 amide bonds. The number of nitrogens with one attached hydrogen (secondary N) is 2. The number of Topliss-reactive ketones (excluding diaryl/α,β-unsaturated/α-hetero) is 1. The third-order valence-corrected chi connectivity index (χ3v) is 9.29. The van der Waals surface area contributed by atoms with E-state index in [0.29, 0.717) is 17.9 Å². The minimum absolute atomic E-state index is 0.0128. The van der Waals surface area contributed by atoms with E-state index in [4.69, 9.17) is 14.2 Å². The summed E-state index contributed by atoms with van der Waals surface area (Å²) in [6.07, 6.45) is 9.93. The number of ketones is 1. The van der Waals surface area contributed by atoms with Gasteiger partial charge in [0, 0.05) is 41.1 Å². The molecule has 0 radical (unpaired) electrons. The number of carbonyl (C=O) groups excluding carboxylic acids is 2. The number of aromatic amines is 1. The van der Waals surface area contributed by atoms with E-state index >= 15 is 0 Å². The molecule has 2 N–H and O–H groups in total. The minimum atomic E-state index is -0.257. The number of likely N-dealkylation sites (tertiary alicyclic amines) is 1. The Morgan fingerprint density at radius 1 is 1.19 bits per heavy atom. The van der Waals surface area contributed by atoms with Gasteiger partial charge in [-0.3, -0.25) is 14.6 Å². The lowest BCUT2D eigenvalue weighted by molar-refractivity contribution is -0.124. The molecular weight excluding hydrogens is 544 g/mol. The predicted molar refractivity (Wildman–Crippen MR) is 163 cm³/mol. The van der Waals surface area contributed by atoms with E-state index in [2.05, 4.69) is 44.5 Å². The zero-order chi connectivity index (χ0) is 30.0. The Morgan fingerprint density at radius 2 is 2.02 bits per heavy atom. The number of hydrogen-bond donors (Lipinski definition) is 2. The Hall–Kier alpha value is -4.05. The second kappa shape index (κ2) is 12.3. The SMILES string of the molecule is COc1cc2nc(C)ccc2cc1-c1cnc([C@H](CCCCCC(=O)c2ccon2)NC(=O)[C@H]2CC23CCN(C)CC3)[nH]1. The third-order valence-electron chi connectivity index (χ3n) is 9.29. The maximum absolute atomic E-state index is 13.6. The van der Waals surface area contributed by atoms with Crippen LogP contribution in [0.5, 0.6) is 5.75 Å². The van der Waals surface area contributed by atoms with Crippen molar-refractivity contribution in [3.05, 3.63) is 60.0 Å². The molecule has 2 fully saturated rings. The number of fused-ring (bicyclic) bond motifs is 1. The molecule has 10 heteroatoms. The number of aryl methyl sites for hydroxylation is 1. The number of ether oxygens (including phenoxy) is 1. The molecular formula is C33H40N6O4. The van der Waals surface area contributed by atoms with Gasteiger partial charge in [0.05, 0.1) is 30.6 Å². The Morgan fingerprint density at radius 3 is 2.79 bits per heavy atom. The van der Waals surface area contributed by atoms with E-state index in [1.54, 1.807) is 13.2 Å². The predicted octanol–water partition coefficient (Wildman–Crippen LogP) is 5.65. The highest BCUT2D eigenvalue weighted by Crippen LogP contribution is 2.59. The van der Waals surface area contributed by atoms with Gasteiger partial charge >= 0.3 is 0 Å². The van der Waals surface area contributed by atoms with Gasteiger partial charge in [-0.2, -0.15) is 0 Å². The Labute approximate surface area is 251 Å². The molecule has 226 valence electrons. The molecule has 10 nitrogen and oxygen atoms in total. The number of imidazole rings is 1. The summed E-state index contributed by atoms with van der Waals surface area (Å²) in [6, 6.07) is 9.41. The standard InChI is InChI=1S/C33H40N6O4/c1-21-9-10-22-17-23(30(42-3)18-27(22)35-21)28-20-34-31(36-28)26(7-5-4-6-8-29(40)25-11-16-43-38-25)37-32(41)24-19-33(24)12-14-39(2)15-13-33/h9-11,16-18,20,24,26H,4-8,12-15,19H2,1-3H3,(H,34,36)(H,37,41)/t24-,26+/m1/s1. The largest absolute Gasteiger partial charge is 0.496 e. The normalized spacial score (nSPS) is 18.5. The van der Waals surface area contributed by atoms with Gasteiger partial charge in [-0.05, 0) is 76.7 Å². The van der Waals surface area contributed by atoms with E-state index in [1.165, 1.54) is 6.26 Å². The van der Waals surface area contributed by atoms with Gasteiger partial charge in [0.1, 0.15) is 23.5 Å². The van der Waals surface area contributed by atoms with Crippen molar-refractivity contribution < 1.29 is 18.8 Å². The van der Waals surface area contributed by atoms with Crippen LogP contribution >= 0.6 is 0 Å². The molecule has 6 rings (SSSR count). The van der Waals surface area contributed by atoms with Crippen LogP contribution in [0, 0.1) is 18.3 Å². The number of aromatic nitrogens is 4. The number of benzene rings is 1. The average molecular weight is 585 g/mol. The zero-order valence-corrected chi connectivity index (χ0v) is 25.2. The van der Waals surface area contributed by atoms with Crippen molar-refractivity contribution in [3.63, 3.8) is 0 Å². The van der Waals surface area contributed by atoms with Gasteiger partial charge in [-0.1, -0.05) is 24.1 Å². The number of carbonyl (C=O) groups is 2. The molecule has 1 aliphatic carbocycles. The summed E-state index contributed by atoms with van der Waals surface area (Å²) in [5, 5.41) is 8.10. The van der Waals surface area contributed by atoms with Crippen LogP contribution < -0.4 is 10.1 Å². The van der Waals surface area contributed by atoms with Crippen LogP contribution in [0.25, 0.3) is 22.2 Å². The van der Waals surface area contributed by atoms with Gasteiger partial charge in [-0.15, -0.1) is 0 Å². The van der Waals surface area contributed by atoms with Crippen molar-refractivity contribution in [1.29, 1.82) is 0 Å². The van der Waals surface area contributed by atoms with Crippen molar-refractivity contribution >= 4 is 22.6 Å². The van der Waals surface area contributed by atoms with Crippen molar-refractivity contribution in [2.24, 2.45) is 11.3 Å². The summed E-state index contributed by atoms with van der Waals surface area (Å²) in [6.45, 7) is 4.06. The van der Waals surface area contributed by atoms with Crippen LogP contribution in [-0.4, -0.2) is 63.9 Å². The second-order valence-corrected chi connectivity index (χ2v) is 12.3. The zero-order valence-electron chi connectivity index (χ0n) is 25.2. The minimum Gasteiger partial charge on any atom is -0.496 e. The monoisotopic (exact) mass is 584 g/mol. The van der Waals surface area contributed by atoms with Crippen LogP contribution in [-0.2, 0) is 4.79 Å². The Balaban J connectivity index is 1.17. The Kier molecular flexibility index (Phi) is 8.30. The molecule has 2 atom stereocenters. The van der Waals surface area contributed by atoms with Crippen LogP contribution in [0.1, 0.15) is 79.4 Å². The number of nitrogens with zero attached hydrogens (tertiary/aromatic N) is 4. The third kappa shape index (κ3) is 6.34. The fourth-order valence-electron chi connectivity index (χ4n) is 6.46. The van der Waals surface area contributed by atoms with Gasteiger partial charge in [-0.25, -0.2) is 4.98 Å². The first-order valence-corrected chi connectivity index (χ1v) is 15.3. The highest BCUT2D eigenvalue weighted by atomic mass is 16.5. The number of H-pyrrole nitrogens is 1. The molecule has 0 bridgehead atoms. The Bertz CT molecular complexity index is 1590. The first kappa shape index (κ1) is 29.0. The maximum atomic E-state index is 13.6. The lowest BCUT2D eigenvalue weighted by Crippen LogP contribution is -2.36. The number of hydrogen-bond acceptors (Lipinski definition) is 8. The molecule has 1 aromatic carbocycles. The molecule has 1 spiro atoms. The molecule has 2 aliphatic rings. The summed E-state index contributed by atoms with van der Waals surface area (Å²) in [7, 11) is 3.80. The van der Waals surface area contributed by atoms with Gasteiger partial charge in [0.25, 0.3) is 0 Å². The fourth-order valence-corrected chi connectivity index (χ4v) is 6.46. The summed E-state index contributed by atoms with van der Waals surface area (Å²) in [5.74, 6) is 1.61. The van der Waals surface area contributed by atoms with E-state index < -0.39 is 0 Å². The number of rotatable bonds is 12. The van der Waals surface area contributed by atoms with Crippen LogP contribution in [0.4, 0.5) is 0 Å². The van der Waals surface area contributed by atoms with Crippen molar-refractivity contribution in [2.75, 3.05) is 27.2 Å². The first-order chi connectivity index (χ1) is 20.8. The lowest BCUT2D eigenvalue weighted by Gasteiger charge is -2.30. The molecule has 0 unspecified atom stereocenters. The number of amides is 1. The first-order valence-electron chi connectivity index (χ1n) is 15.3. The van der Waals surface area contributed by atoms with Crippen molar-refractivity contribution in [2.45, 2.75) is 64.3 Å².